The Morgan fingerprint density at radius 1 is 0.721 bits per heavy atom. The van der Waals surface area contributed by atoms with Gasteiger partial charge in [0.25, 0.3) is 0 Å². The number of carbonyl (C=O) groups excluding carboxylic acids is 3. The maximum atomic E-state index is 13.3. The van der Waals surface area contributed by atoms with Crippen molar-refractivity contribution in [1.29, 1.82) is 0 Å². The van der Waals surface area contributed by atoms with Gasteiger partial charge in [0, 0.05) is 6.20 Å². The second kappa shape index (κ2) is 12.4. The molecule has 43 heavy (non-hydrogen) atoms. The molecule has 3 aromatic carbocycles. The third-order valence-electron chi connectivity index (χ3n) is 6.91. The first-order valence-electron chi connectivity index (χ1n) is 13.4. The van der Waals surface area contributed by atoms with Crippen molar-refractivity contribution >= 4 is 40.5 Å². The summed E-state index contributed by atoms with van der Waals surface area (Å²) in [7, 11) is 0. The van der Waals surface area contributed by atoms with Crippen molar-refractivity contribution in [3.63, 3.8) is 0 Å². The van der Waals surface area contributed by atoms with Gasteiger partial charge in [0.1, 0.15) is 29.8 Å². The predicted octanol–water partition coefficient (Wildman–Crippen LogP) is 5.29. The molecule has 0 amide bonds. The van der Waals surface area contributed by atoms with Crippen LogP contribution in [0.15, 0.2) is 110 Å². The lowest BCUT2D eigenvalue weighted by molar-refractivity contribution is -0.0604. The molecule has 5 aromatic rings. The number of fused-ring (bicyclic) bond motifs is 1. The van der Waals surface area contributed by atoms with Crippen LogP contribution in [0.1, 0.15) is 37.3 Å². The minimum absolute atomic E-state index is 0.222. The van der Waals surface area contributed by atoms with Crippen LogP contribution in [0.4, 0.5) is 0 Å². The number of rotatable bonds is 8. The van der Waals surface area contributed by atoms with Crippen LogP contribution in [0.3, 0.4) is 0 Å². The summed E-state index contributed by atoms with van der Waals surface area (Å²) in [6, 6.07) is 26.9. The number of aromatic nitrogens is 3. The van der Waals surface area contributed by atoms with E-state index in [2.05, 4.69) is 9.97 Å². The molecule has 10 nitrogen and oxygen atoms in total. The monoisotopic (exact) mass is 597 g/mol. The number of esters is 3. The molecule has 0 unspecified atom stereocenters. The largest absolute Gasteiger partial charge is 0.459 e. The van der Waals surface area contributed by atoms with Gasteiger partial charge in [0.05, 0.1) is 22.1 Å². The highest BCUT2D eigenvalue weighted by atomic mass is 35.5. The minimum Gasteiger partial charge on any atom is -0.459 e. The topological polar surface area (TPSA) is 119 Å². The van der Waals surface area contributed by atoms with Crippen LogP contribution in [-0.2, 0) is 18.9 Å². The molecular weight excluding hydrogens is 574 g/mol. The summed E-state index contributed by atoms with van der Waals surface area (Å²) in [5, 5.41) is 0.762. The first kappa shape index (κ1) is 28.1. The van der Waals surface area contributed by atoms with Gasteiger partial charge in [-0.15, -0.1) is 0 Å². The summed E-state index contributed by atoms with van der Waals surface area (Å²) < 4.78 is 25.5. The van der Waals surface area contributed by atoms with E-state index in [1.54, 1.807) is 108 Å². The van der Waals surface area contributed by atoms with Crippen molar-refractivity contribution in [2.75, 3.05) is 6.61 Å². The third-order valence-corrected chi connectivity index (χ3v) is 7.21. The summed E-state index contributed by atoms with van der Waals surface area (Å²) in [5.74, 6) is -1.92. The average molecular weight is 598 g/mol. The quantitative estimate of drug-likeness (QED) is 0.133. The van der Waals surface area contributed by atoms with Gasteiger partial charge in [-0.1, -0.05) is 66.2 Å². The maximum absolute atomic E-state index is 13.3. The molecule has 0 N–H and O–H groups in total. The van der Waals surface area contributed by atoms with Crippen molar-refractivity contribution in [3.8, 4) is 0 Å². The molecule has 0 saturated carbocycles. The summed E-state index contributed by atoms with van der Waals surface area (Å²) >= 11 is 6.30. The highest BCUT2D eigenvalue weighted by Crippen LogP contribution is 2.37. The Kier molecular flexibility index (Phi) is 8.12. The highest BCUT2D eigenvalue weighted by Gasteiger charge is 2.51. The normalized spacial score (nSPS) is 19.6. The average Bonchev–Trinajstić information content (AvgIpc) is 3.63. The Morgan fingerprint density at radius 2 is 1.26 bits per heavy atom. The molecule has 11 heteroatoms. The van der Waals surface area contributed by atoms with E-state index in [1.165, 1.54) is 6.33 Å². The zero-order valence-electron chi connectivity index (χ0n) is 22.5. The van der Waals surface area contributed by atoms with Crippen molar-refractivity contribution in [3.05, 3.63) is 131 Å². The van der Waals surface area contributed by atoms with Gasteiger partial charge in [-0.05, 0) is 42.5 Å². The Balaban J connectivity index is 1.37. The van der Waals surface area contributed by atoms with Crippen molar-refractivity contribution in [2.45, 2.75) is 24.5 Å². The van der Waals surface area contributed by atoms with Crippen LogP contribution in [0.2, 0.25) is 5.15 Å². The smallest absolute Gasteiger partial charge is 0.338 e. The fraction of sp³-hybridized carbons (Fsp3) is 0.156. The molecule has 1 aliphatic rings. The number of benzene rings is 3. The van der Waals surface area contributed by atoms with Gasteiger partial charge in [-0.3, -0.25) is 0 Å². The number of hydrogen-bond donors (Lipinski definition) is 0. The Hall–Kier alpha value is -5.06. The first-order valence-corrected chi connectivity index (χ1v) is 13.7. The van der Waals surface area contributed by atoms with Crippen molar-refractivity contribution in [2.24, 2.45) is 0 Å². The highest BCUT2D eigenvalue weighted by molar-refractivity contribution is 6.33. The number of ether oxygens (including phenoxy) is 4. The van der Waals surface area contributed by atoms with Crippen molar-refractivity contribution in [1.82, 2.24) is 14.5 Å². The second-order valence-corrected chi connectivity index (χ2v) is 9.98. The van der Waals surface area contributed by atoms with Crippen LogP contribution in [0.5, 0.6) is 0 Å². The van der Waals surface area contributed by atoms with E-state index in [1.807, 2.05) is 0 Å². The fourth-order valence-corrected chi connectivity index (χ4v) is 5.02. The van der Waals surface area contributed by atoms with E-state index in [4.69, 9.17) is 30.5 Å². The number of halogens is 1. The Morgan fingerprint density at radius 3 is 1.84 bits per heavy atom. The summed E-state index contributed by atoms with van der Waals surface area (Å²) in [6.07, 6.45) is -1.45. The summed E-state index contributed by atoms with van der Waals surface area (Å²) in [4.78, 5) is 47.8. The van der Waals surface area contributed by atoms with Gasteiger partial charge in [-0.25, -0.2) is 24.4 Å². The fourth-order valence-electron chi connectivity index (χ4n) is 4.83. The molecule has 0 spiro atoms. The summed E-state index contributed by atoms with van der Waals surface area (Å²) in [6.45, 7) is -0.300. The van der Waals surface area contributed by atoms with E-state index in [-0.39, 0.29) is 22.9 Å². The number of carbonyl (C=O) groups is 3. The molecule has 1 aliphatic heterocycles. The summed E-state index contributed by atoms with van der Waals surface area (Å²) in [5.41, 5.74) is 1.31. The van der Waals surface area contributed by atoms with E-state index < -0.39 is 42.4 Å². The molecule has 3 heterocycles. The predicted molar refractivity (Wildman–Crippen MR) is 154 cm³/mol. The molecule has 6 rings (SSSR count). The van der Waals surface area contributed by atoms with Gasteiger partial charge < -0.3 is 23.5 Å². The third kappa shape index (κ3) is 5.97. The Bertz CT molecular complexity index is 1750. The molecule has 2 aromatic heterocycles. The van der Waals surface area contributed by atoms with E-state index in [0.29, 0.717) is 16.6 Å². The van der Waals surface area contributed by atoms with E-state index in [0.717, 1.165) is 0 Å². The van der Waals surface area contributed by atoms with Gasteiger partial charge in [0.15, 0.2) is 18.4 Å². The van der Waals surface area contributed by atoms with E-state index >= 15 is 0 Å². The lowest BCUT2D eigenvalue weighted by atomic mass is 10.1. The molecular formula is C32H24ClN3O7. The zero-order chi connectivity index (χ0) is 29.8. The van der Waals surface area contributed by atoms with Crippen LogP contribution >= 0.6 is 11.6 Å². The molecule has 1 saturated heterocycles. The SMILES string of the molecule is O=C(OC[C@H]1O[C@@H](n2ccc3c(Cl)ncnc32)[C@H](OC(=O)c2ccccc2)[C@@H]1OC(=O)c1ccccc1)c1ccccc1. The van der Waals surface area contributed by atoms with Gasteiger partial charge >= 0.3 is 17.9 Å². The number of hydrogen-bond acceptors (Lipinski definition) is 9. The second-order valence-electron chi connectivity index (χ2n) is 9.63. The maximum Gasteiger partial charge on any atom is 0.338 e. The van der Waals surface area contributed by atoms with Crippen LogP contribution in [-0.4, -0.2) is 57.4 Å². The number of nitrogens with zero attached hydrogens (tertiary/aromatic N) is 3. The van der Waals surface area contributed by atoms with E-state index in [9.17, 15) is 14.4 Å². The molecule has 0 bridgehead atoms. The first-order chi connectivity index (χ1) is 21.0. The molecule has 0 radical (unpaired) electrons. The van der Waals surface area contributed by atoms with Crippen LogP contribution in [0.25, 0.3) is 11.0 Å². The molecule has 216 valence electrons. The zero-order valence-corrected chi connectivity index (χ0v) is 23.2. The lowest BCUT2D eigenvalue weighted by Gasteiger charge is -2.25. The standard InChI is InChI=1S/C32H24ClN3O7/c33-27-23-16-17-36(28(23)35-19-34-27)29-26(43-32(39)22-14-8-3-9-15-22)25(42-31(38)21-12-6-2-7-13-21)24(41-29)18-40-30(37)20-10-4-1-5-11-20/h1-17,19,24-26,29H,18H2/t24-,25-,26-,29-/m1/s1. The van der Waals surface area contributed by atoms with Crippen LogP contribution in [0, 0.1) is 0 Å². The van der Waals surface area contributed by atoms with Gasteiger partial charge in [0.2, 0.25) is 0 Å². The van der Waals surface area contributed by atoms with Crippen LogP contribution < -0.4 is 0 Å². The Labute approximate surface area is 250 Å². The molecule has 4 atom stereocenters. The minimum atomic E-state index is -1.18. The van der Waals surface area contributed by atoms with Gasteiger partial charge in [-0.2, -0.15) is 0 Å². The molecule has 0 aliphatic carbocycles. The van der Waals surface area contributed by atoms with Crippen molar-refractivity contribution < 1.29 is 33.3 Å². The lowest BCUT2D eigenvalue weighted by Crippen LogP contribution is -2.41. The molecule has 1 fully saturated rings.